The van der Waals surface area contributed by atoms with Crippen molar-refractivity contribution in [3.63, 3.8) is 0 Å². The molecule has 4 rings (SSSR count). The third kappa shape index (κ3) is 2.17. The molecule has 0 atom stereocenters. The number of phenolic OH excluding ortho intramolecular Hbond substituents is 1. The number of benzene rings is 1. The SMILES string of the molecule is Nc1nn2cc(-c3ccccc3O)cnc2c1-c1ccccn1. The molecule has 23 heavy (non-hydrogen) atoms. The molecule has 1 aromatic carbocycles. The van der Waals surface area contributed by atoms with Crippen LogP contribution in [-0.4, -0.2) is 24.7 Å². The number of aromatic nitrogens is 4. The van der Waals surface area contributed by atoms with Gasteiger partial charge in [0.2, 0.25) is 0 Å². The Labute approximate surface area is 131 Å². The van der Waals surface area contributed by atoms with Gasteiger partial charge in [-0.2, -0.15) is 0 Å². The van der Waals surface area contributed by atoms with Gasteiger partial charge in [0.25, 0.3) is 0 Å². The minimum absolute atomic E-state index is 0.193. The molecule has 0 saturated carbocycles. The highest BCUT2D eigenvalue weighted by Gasteiger charge is 2.15. The summed E-state index contributed by atoms with van der Waals surface area (Å²) in [6.45, 7) is 0. The van der Waals surface area contributed by atoms with E-state index < -0.39 is 0 Å². The van der Waals surface area contributed by atoms with Gasteiger partial charge in [0, 0.05) is 29.7 Å². The number of aromatic hydroxyl groups is 1. The number of fused-ring (bicyclic) bond motifs is 1. The van der Waals surface area contributed by atoms with Crippen LogP contribution in [0.4, 0.5) is 5.82 Å². The topological polar surface area (TPSA) is 89.3 Å². The summed E-state index contributed by atoms with van der Waals surface area (Å²) >= 11 is 0. The summed E-state index contributed by atoms with van der Waals surface area (Å²) in [4.78, 5) is 8.78. The fourth-order valence-corrected chi connectivity index (χ4v) is 2.57. The largest absolute Gasteiger partial charge is 0.507 e. The summed E-state index contributed by atoms with van der Waals surface area (Å²) in [5.74, 6) is 0.560. The number of hydrogen-bond acceptors (Lipinski definition) is 5. The molecule has 6 nitrogen and oxygen atoms in total. The van der Waals surface area contributed by atoms with E-state index in [0.717, 1.165) is 11.3 Å². The molecule has 0 aliphatic rings. The van der Waals surface area contributed by atoms with Crippen molar-refractivity contribution in [1.29, 1.82) is 0 Å². The lowest BCUT2D eigenvalue weighted by Crippen LogP contribution is -1.92. The first-order valence-corrected chi connectivity index (χ1v) is 7.07. The molecular weight excluding hydrogens is 290 g/mol. The van der Waals surface area contributed by atoms with E-state index in [1.807, 2.05) is 30.3 Å². The molecule has 3 heterocycles. The van der Waals surface area contributed by atoms with Crippen LogP contribution in [0.15, 0.2) is 61.1 Å². The highest BCUT2D eigenvalue weighted by atomic mass is 16.3. The van der Waals surface area contributed by atoms with Gasteiger partial charge in [-0.1, -0.05) is 24.3 Å². The predicted molar refractivity (Wildman–Crippen MR) is 87.7 cm³/mol. The second kappa shape index (κ2) is 5.10. The minimum atomic E-state index is 0.193. The molecule has 0 unspecified atom stereocenters. The monoisotopic (exact) mass is 303 g/mol. The summed E-state index contributed by atoms with van der Waals surface area (Å²) in [7, 11) is 0. The maximum absolute atomic E-state index is 9.98. The van der Waals surface area contributed by atoms with E-state index in [4.69, 9.17) is 5.73 Å². The Kier molecular flexibility index (Phi) is 2.94. The van der Waals surface area contributed by atoms with Crippen LogP contribution in [-0.2, 0) is 0 Å². The molecule has 6 heteroatoms. The molecular formula is C17H13N5O. The van der Waals surface area contributed by atoms with Crippen LogP contribution in [0.1, 0.15) is 0 Å². The number of pyridine rings is 1. The van der Waals surface area contributed by atoms with Gasteiger partial charge < -0.3 is 10.8 Å². The summed E-state index contributed by atoms with van der Waals surface area (Å²) < 4.78 is 1.61. The molecule has 4 aromatic rings. The van der Waals surface area contributed by atoms with Crippen LogP contribution in [0.3, 0.4) is 0 Å². The number of nitrogens with zero attached hydrogens (tertiary/aromatic N) is 4. The Morgan fingerprint density at radius 3 is 2.61 bits per heavy atom. The van der Waals surface area contributed by atoms with Crippen molar-refractivity contribution in [2.24, 2.45) is 0 Å². The summed E-state index contributed by atoms with van der Waals surface area (Å²) in [6, 6.07) is 12.7. The highest BCUT2D eigenvalue weighted by molar-refractivity contribution is 5.84. The van der Waals surface area contributed by atoms with Gasteiger partial charge in [0.05, 0.1) is 11.3 Å². The Hall–Kier alpha value is -3.41. The van der Waals surface area contributed by atoms with Gasteiger partial charge in [-0.05, 0) is 18.2 Å². The quantitative estimate of drug-likeness (QED) is 0.594. The molecule has 0 aliphatic carbocycles. The zero-order valence-corrected chi connectivity index (χ0v) is 12.1. The smallest absolute Gasteiger partial charge is 0.166 e. The van der Waals surface area contributed by atoms with E-state index in [1.54, 1.807) is 35.2 Å². The number of phenols is 1. The van der Waals surface area contributed by atoms with Crippen LogP contribution in [0, 0.1) is 0 Å². The van der Waals surface area contributed by atoms with E-state index in [2.05, 4.69) is 15.1 Å². The first-order valence-electron chi connectivity index (χ1n) is 7.07. The van der Waals surface area contributed by atoms with Crippen molar-refractivity contribution in [2.45, 2.75) is 0 Å². The maximum Gasteiger partial charge on any atom is 0.166 e. The number of para-hydroxylation sites is 1. The van der Waals surface area contributed by atoms with E-state index in [1.165, 1.54) is 0 Å². The van der Waals surface area contributed by atoms with E-state index >= 15 is 0 Å². The van der Waals surface area contributed by atoms with Gasteiger partial charge in [-0.15, -0.1) is 5.10 Å². The van der Waals surface area contributed by atoms with Crippen LogP contribution in [0.2, 0.25) is 0 Å². The summed E-state index contributed by atoms with van der Waals surface area (Å²) in [5.41, 5.74) is 9.54. The molecule has 0 fully saturated rings. The lowest BCUT2D eigenvalue weighted by molar-refractivity contribution is 0.477. The minimum Gasteiger partial charge on any atom is -0.507 e. The molecule has 0 bridgehead atoms. The Morgan fingerprint density at radius 1 is 1.00 bits per heavy atom. The molecule has 0 aliphatic heterocycles. The molecule has 0 radical (unpaired) electrons. The molecule has 112 valence electrons. The number of nitrogens with two attached hydrogens (primary N) is 1. The van der Waals surface area contributed by atoms with E-state index in [0.29, 0.717) is 22.6 Å². The van der Waals surface area contributed by atoms with Crippen LogP contribution in [0.25, 0.3) is 28.0 Å². The van der Waals surface area contributed by atoms with Gasteiger partial charge in [0.15, 0.2) is 11.5 Å². The third-order valence-electron chi connectivity index (χ3n) is 3.64. The summed E-state index contributed by atoms with van der Waals surface area (Å²) in [6.07, 6.45) is 5.19. The normalized spacial score (nSPS) is 11.0. The zero-order chi connectivity index (χ0) is 15.8. The summed E-state index contributed by atoms with van der Waals surface area (Å²) in [5, 5.41) is 14.3. The van der Waals surface area contributed by atoms with Gasteiger partial charge in [-0.25, -0.2) is 9.50 Å². The van der Waals surface area contributed by atoms with Crippen molar-refractivity contribution in [3.8, 4) is 28.1 Å². The highest BCUT2D eigenvalue weighted by Crippen LogP contribution is 2.31. The van der Waals surface area contributed by atoms with Crippen molar-refractivity contribution in [1.82, 2.24) is 19.6 Å². The predicted octanol–water partition coefficient (Wildman–Crippen LogP) is 2.75. The lowest BCUT2D eigenvalue weighted by atomic mass is 10.1. The van der Waals surface area contributed by atoms with Crippen molar-refractivity contribution >= 4 is 11.5 Å². The number of anilines is 1. The van der Waals surface area contributed by atoms with Crippen LogP contribution >= 0.6 is 0 Å². The molecule has 3 N–H and O–H groups in total. The van der Waals surface area contributed by atoms with Crippen molar-refractivity contribution in [3.05, 3.63) is 61.1 Å². The van der Waals surface area contributed by atoms with Crippen LogP contribution in [0.5, 0.6) is 5.75 Å². The van der Waals surface area contributed by atoms with Crippen molar-refractivity contribution in [2.75, 3.05) is 5.73 Å². The van der Waals surface area contributed by atoms with Gasteiger partial charge >= 0.3 is 0 Å². The lowest BCUT2D eigenvalue weighted by Gasteiger charge is -2.04. The van der Waals surface area contributed by atoms with Gasteiger partial charge in [-0.3, -0.25) is 4.98 Å². The average Bonchev–Trinajstić information content (AvgIpc) is 2.91. The Bertz CT molecular complexity index is 994. The first-order chi connectivity index (χ1) is 11.2. The van der Waals surface area contributed by atoms with E-state index in [9.17, 15) is 5.11 Å². The first kappa shape index (κ1) is 13.3. The Morgan fingerprint density at radius 2 is 1.83 bits per heavy atom. The van der Waals surface area contributed by atoms with Gasteiger partial charge in [0.1, 0.15) is 5.75 Å². The fraction of sp³-hybridized carbons (Fsp3) is 0. The standard InChI is InChI=1S/C17H13N5O/c18-16-15(13-6-3-4-8-19-13)17-20-9-11(10-22(17)21-16)12-5-1-2-7-14(12)23/h1-10,23H,(H2,18,21). The zero-order valence-electron chi connectivity index (χ0n) is 12.1. The second-order valence-electron chi connectivity index (χ2n) is 5.10. The maximum atomic E-state index is 9.98. The molecule has 0 spiro atoms. The Balaban J connectivity index is 1.91. The van der Waals surface area contributed by atoms with Crippen molar-refractivity contribution < 1.29 is 5.11 Å². The fourth-order valence-electron chi connectivity index (χ4n) is 2.57. The number of rotatable bonds is 2. The van der Waals surface area contributed by atoms with Crippen LogP contribution < -0.4 is 5.73 Å². The average molecular weight is 303 g/mol. The molecule has 0 saturated heterocycles. The number of hydrogen-bond donors (Lipinski definition) is 2. The molecule has 0 amide bonds. The third-order valence-corrected chi connectivity index (χ3v) is 3.64. The second-order valence-corrected chi connectivity index (χ2v) is 5.10. The molecule has 3 aromatic heterocycles. The number of nitrogen functional groups attached to an aromatic ring is 1. The van der Waals surface area contributed by atoms with E-state index in [-0.39, 0.29) is 5.75 Å².